The van der Waals surface area contributed by atoms with Crippen molar-refractivity contribution in [2.75, 3.05) is 13.1 Å². The summed E-state index contributed by atoms with van der Waals surface area (Å²) in [5.74, 6) is 2.27. The molecule has 1 aliphatic heterocycles. The number of likely N-dealkylation sites (tertiary alicyclic amines) is 1. The van der Waals surface area contributed by atoms with Gasteiger partial charge in [-0.05, 0) is 44.2 Å². The van der Waals surface area contributed by atoms with E-state index in [0.29, 0.717) is 5.88 Å². The van der Waals surface area contributed by atoms with Gasteiger partial charge < -0.3 is 0 Å². The third kappa shape index (κ3) is 3.94. The van der Waals surface area contributed by atoms with Crippen LogP contribution in [0.1, 0.15) is 43.8 Å². The summed E-state index contributed by atoms with van der Waals surface area (Å²) < 4.78 is 0. The lowest BCUT2D eigenvalue weighted by atomic mass is 9.89. The highest BCUT2D eigenvalue weighted by molar-refractivity contribution is 7.09. The molecule has 2 rings (SSSR count). The molecular formula is C14H23ClN2S. The normalized spacial score (nSPS) is 22.3. The Morgan fingerprint density at radius 1 is 1.44 bits per heavy atom. The number of hydrogen-bond acceptors (Lipinski definition) is 3. The predicted molar refractivity (Wildman–Crippen MR) is 79.1 cm³/mol. The van der Waals surface area contributed by atoms with Gasteiger partial charge in [0.1, 0.15) is 5.01 Å². The van der Waals surface area contributed by atoms with E-state index >= 15 is 0 Å². The lowest BCUT2D eigenvalue weighted by Gasteiger charge is -2.20. The van der Waals surface area contributed by atoms with Crippen molar-refractivity contribution < 1.29 is 0 Å². The zero-order chi connectivity index (χ0) is 13.0. The number of aromatic nitrogens is 1. The number of nitrogens with zero attached hydrogens (tertiary/aromatic N) is 2. The van der Waals surface area contributed by atoms with Gasteiger partial charge in [0.2, 0.25) is 0 Å². The Balaban J connectivity index is 1.86. The predicted octanol–water partition coefficient (Wildman–Crippen LogP) is 4.14. The van der Waals surface area contributed by atoms with Crippen LogP contribution in [0.15, 0.2) is 5.38 Å². The second-order valence-corrected chi connectivity index (χ2v) is 6.79. The smallest absolute Gasteiger partial charge is 0.107 e. The molecule has 2 heterocycles. The van der Waals surface area contributed by atoms with Crippen molar-refractivity contribution in [3.63, 3.8) is 0 Å². The van der Waals surface area contributed by atoms with E-state index in [-0.39, 0.29) is 0 Å². The van der Waals surface area contributed by atoms with Gasteiger partial charge in [0.25, 0.3) is 0 Å². The molecule has 0 aromatic carbocycles. The van der Waals surface area contributed by atoms with E-state index in [1.54, 1.807) is 11.3 Å². The number of hydrogen-bond donors (Lipinski definition) is 0. The fourth-order valence-corrected chi connectivity index (χ4v) is 3.74. The minimum atomic E-state index is 0.534. The molecule has 0 saturated carbocycles. The summed E-state index contributed by atoms with van der Waals surface area (Å²) in [5.41, 5.74) is 1.02. The number of halogens is 1. The maximum absolute atomic E-state index is 5.79. The summed E-state index contributed by atoms with van der Waals surface area (Å²) >= 11 is 7.54. The summed E-state index contributed by atoms with van der Waals surface area (Å²) in [6.07, 6.45) is 4.06. The zero-order valence-corrected chi connectivity index (χ0v) is 12.9. The van der Waals surface area contributed by atoms with Crippen LogP contribution in [-0.2, 0) is 12.4 Å². The van der Waals surface area contributed by atoms with E-state index < -0.39 is 0 Å². The van der Waals surface area contributed by atoms with Gasteiger partial charge in [-0.3, -0.25) is 4.90 Å². The first-order valence-corrected chi connectivity index (χ1v) is 8.32. The van der Waals surface area contributed by atoms with Crippen LogP contribution < -0.4 is 0 Å². The van der Waals surface area contributed by atoms with E-state index in [4.69, 9.17) is 11.6 Å². The van der Waals surface area contributed by atoms with Gasteiger partial charge in [-0.1, -0.05) is 13.8 Å². The van der Waals surface area contributed by atoms with Gasteiger partial charge in [0, 0.05) is 5.38 Å². The highest BCUT2D eigenvalue weighted by atomic mass is 35.5. The number of rotatable bonds is 4. The fraction of sp³-hybridized carbons (Fsp3) is 0.786. The molecule has 0 amide bonds. The van der Waals surface area contributed by atoms with Crippen molar-refractivity contribution in [1.82, 2.24) is 9.88 Å². The zero-order valence-electron chi connectivity index (χ0n) is 11.4. The monoisotopic (exact) mass is 286 g/mol. The maximum atomic E-state index is 5.79. The average molecular weight is 287 g/mol. The molecule has 1 aliphatic rings. The van der Waals surface area contributed by atoms with Crippen molar-refractivity contribution in [2.45, 2.75) is 45.5 Å². The van der Waals surface area contributed by atoms with Gasteiger partial charge in [0.15, 0.2) is 0 Å². The number of thiazole rings is 1. The largest absolute Gasteiger partial charge is 0.297 e. The van der Waals surface area contributed by atoms with Crippen LogP contribution in [0.25, 0.3) is 0 Å². The maximum Gasteiger partial charge on any atom is 0.107 e. The Morgan fingerprint density at radius 3 is 2.94 bits per heavy atom. The Kier molecular flexibility index (Phi) is 5.46. The Morgan fingerprint density at radius 2 is 2.28 bits per heavy atom. The molecule has 0 bridgehead atoms. The van der Waals surface area contributed by atoms with Crippen molar-refractivity contribution in [1.29, 1.82) is 0 Å². The standard InChI is InChI=1S/C14H23ClN2S/c1-11(2)12-4-3-6-17(7-5-12)9-14-16-13(8-15)10-18-14/h10-12H,3-9H2,1-2H3. The molecule has 1 aromatic rings. The second-order valence-electron chi connectivity index (χ2n) is 5.58. The minimum Gasteiger partial charge on any atom is -0.297 e. The molecule has 4 heteroatoms. The van der Waals surface area contributed by atoms with E-state index in [9.17, 15) is 0 Å². The molecule has 1 saturated heterocycles. The quantitative estimate of drug-likeness (QED) is 0.774. The van der Waals surface area contributed by atoms with Crippen molar-refractivity contribution >= 4 is 22.9 Å². The van der Waals surface area contributed by atoms with Crippen molar-refractivity contribution in [3.8, 4) is 0 Å². The molecule has 102 valence electrons. The van der Waals surface area contributed by atoms with Crippen molar-refractivity contribution in [2.24, 2.45) is 11.8 Å². The second kappa shape index (κ2) is 6.88. The first-order chi connectivity index (χ1) is 8.69. The molecule has 0 N–H and O–H groups in total. The summed E-state index contributed by atoms with van der Waals surface area (Å²) in [5, 5.41) is 3.30. The van der Waals surface area contributed by atoms with Crippen molar-refractivity contribution in [3.05, 3.63) is 16.1 Å². The highest BCUT2D eigenvalue weighted by Gasteiger charge is 2.20. The topological polar surface area (TPSA) is 16.1 Å². The van der Waals surface area contributed by atoms with Gasteiger partial charge in [0.05, 0.1) is 18.1 Å². The number of alkyl halides is 1. The third-order valence-corrected chi connectivity index (χ3v) is 5.06. The molecule has 18 heavy (non-hydrogen) atoms. The first kappa shape index (κ1) is 14.3. The van der Waals surface area contributed by atoms with Gasteiger partial charge >= 0.3 is 0 Å². The van der Waals surface area contributed by atoms with E-state index in [2.05, 4.69) is 29.1 Å². The van der Waals surface area contributed by atoms with E-state index in [1.165, 1.54) is 37.4 Å². The molecule has 1 aromatic heterocycles. The molecule has 1 atom stereocenters. The Hall–Kier alpha value is -0.120. The summed E-state index contributed by atoms with van der Waals surface area (Å²) in [6.45, 7) is 8.16. The lowest BCUT2D eigenvalue weighted by Crippen LogP contribution is -2.24. The molecule has 2 nitrogen and oxygen atoms in total. The molecule has 0 radical (unpaired) electrons. The molecule has 0 spiro atoms. The third-order valence-electron chi connectivity index (χ3n) is 3.90. The molecule has 1 unspecified atom stereocenters. The molecule has 1 fully saturated rings. The van der Waals surface area contributed by atoms with Gasteiger partial charge in [-0.25, -0.2) is 4.98 Å². The Bertz CT molecular complexity index is 364. The van der Waals surface area contributed by atoms with Crippen LogP contribution in [0.3, 0.4) is 0 Å². The van der Waals surface area contributed by atoms with E-state index in [0.717, 1.165) is 24.1 Å². The molecule has 0 aliphatic carbocycles. The lowest BCUT2D eigenvalue weighted by molar-refractivity contribution is 0.264. The SMILES string of the molecule is CC(C)C1CCCN(Cc2nc(CCl)cs2)CC1. The van der Waals surface area contributed by atoms with Gasteiger partial charge in [-0.2, -0.15) is 0 Å². The Labute approximate surface area is 119 Å². The van der Waals surface area contributed by atoms with E-state index in [1.807, 2.05) is 0 Å². The van der Waals surface area contributed by atoms with Crippen LogP contribution in [0.5, 0.6) is 0 Å². The van der Waals surface area contributed by atoms with Gasteiger partial charge in [-0.15, -0.1) is 22.9 Å². The van der Waals surface area contributed by atoms with Crippen LogP contribution in [0.2, 0.25) is 0 Å². The summed E-state index contributed by atoms with van der Waals surface area (Å²) in [6, 6.07) is 0. The summed E-state index contributed by atoms with van der Waals surface area (Å²) in [4.78, 5) is 7.11. The molecular weight excluding hydrogens is 264 g/mol. The average Bonchev–Trinajstić information content (AvgIpc) is 2.66. The first-order valence-electron chi connectivity index (χ1n) is 6.90. The van der Waals surface area contributed by atoms with Crippen LogP contribution in [-0.4, -0.2) is 23.0 Å². The highest BCUT2D eigenvalue weighted by Crippen LogP contribution is 2.25. The van der Waals surface area contributed by atoms with Crippen LogP contribution >= 0.6 is 22.9 Å². The fourth-order valence-electron chi connectivity index (χ4n) is 2.68. The minimum absolute atomic E-state index is 0.534. The van der Waals surface area contributed by atoms with Crippen LogP contribution in [0, 0.1) is 11.8 Å². The van der Waals surface area contributed by atoms with Crippen LogP contribution in [0.4, 0.5) is 0 Å². The summed E-state index contributed by atoms with van der Waals surface area (Å²) in [7, 11) is 0.